The summed E-state index contributed by atoms with van der Waals surface area (Å²) in [6, 6.07) is 6.06. The maximum atomic E-state index is 5.42. The third kappa shape index (κ3) is 2.72. The lowest BCUT2D eigenvalue weighted by atomic mass is 10.1. The molecule has 72 valence electrons. The average molecular weight is 180 g/mol. The van der Waals surface area contributed by atoms with Crippen molar-refractivity contribution in [3.05, 3.63) is 29.3 Å². The van der Waals surface area contributed by atoms with Gasteiger partial charge < -0.3 is 4.74 Å². The van der Waals surface area contributed by atoms with Crippen molar-refractivity contribution in [3.63, 3.8) is 0 Å². The van der Waals surface area contributed by atoms with Crippen molar-refractivity contribution < 1.29 is 4.74 Å². The number of benzene rings is 1. The van der Waals surface area contributed by atoms with Crippen LogP contribution in [0.3, 0.4) is 0 Å². The van der Waals surface area contributed by atoms with E-state index in [0.29, 0.717) is 13.2 Å². The van der Waals surface area contributed by atoms with Crippen molar-refractivity contribution >= 4 is 0 Å². The maximum Gasteiger partial charge on any atom is 0.122 e. The van der Waals surface area contributed by atoms with Crippen LogP contribution < -0.4 is 16.0 Å². The van der Waals surface area contributed by atoms with Gasteiger partial charge in [-0.2, -0.15) is 0 Å². The van der Waals surface area contributed by atoms with Gasteiger partial charge in [-0.1, -0.05) is 12.1 Å². The largest absolute Gasteiger partial charge is 0.494 e. The first-order chi connectivity index (χ1) is 6.27. The molecule has 13 heavy (non-hydrogen) atoms. The highest BCUT2D eigenvalue weighted by molar-refractivity contribution is 5.36. The predicted molar refractivity (Wildman–Crippen MR) is 53.4 cm³/mol. The molecule has 0 aromatic heterocycles. The first-order valence-electron chi connectivity index (χ1n) is 4.43. The molecule has 0 spiro atoms. The Morgan fingerprint density at radius 3 is 2.77 bits per heavy atom. The van der Waals surface area contributed by atoms with Crippen LogP contribution >= 0.6 is 0 Å². The summed E-state index contributed by atoms with van der Waals surface area (Å²) in [7, 11) is 0. The molecule has 0 saturated carbocycles. The number of nitrogens with one attached hydrogen (secondary N) is 1. The summed E-state index contributed by atoms with van der Waals surface area (Å²) < 4.78 is 5.42. The van der Waals surface area contributed by atoms with Gasteiger partial charge in [0.2, 0.25) is 0 Å². The van der Waals surface area contributed by atoms with Gasteiger partial charge >= 0.3 is 0 Å². The highest BCUT2D eigenvalue weighted by Gasteiger charge is 1.99. The molecule has 0 aliphatic rings. The number of nitrogens with two attached hydrogens (primary N) is 1. The molecule has 0 radical (unpaired) electrons. The molecule has 3 N–H and O–H groups in total. The van der Waals surface area contributed by atoms with Crippen LogP contribution in [0.1, 0.15) is 18.1 Å². The second-order valence-electron chi connectivity index (χ2n) is 2.91. The molecule has 3 heteroatoms. The van der Waals surface area contributed by atoms with Gasteiger partial charge in [0.1, 0.15) is 5.75 Å². The molecule has 0 bridgehead atoms. The first kappa shape index (κ1) is 10.0. The van der Waals surface area contributed by atoms with Crippen LogP contribution in [0.15, 0.2) is 18.2 Å². The van der Waals surface area contributed by atoms with Crippen LogP contribution in [0.25, 0.3) is 0 Å². The van der Waals surface area contributed by atoms with E-state index < -0.39 is 0 Å². The van der Waals surface area contributed by atoms with Crippen LogP contribution in [0.5, 0.6) is 5.75 Å². The normalized spacial score (nSPS) is 10.1. The zero-order valence-corrected chi connectivity index (χ0v) is 8.13. The number of hydrogen-bond acceptors (Lipinski definition) is 3. The van der Waals surface area contributed by atoms with Crippen LogP contribution in [0.2, 0.25) is 0 Å². The summed E-state index contributed by atoms with van der Waals surface area (Å²) in [4.78, 5) is 0. The Bertz CT molecular complexity index is 274. The fourth-order valence-electron chi connectivity index (χ4n) is 1.26. The molecule has 1 aromatic rings. The summed E-state index contributed by atoms with van der Waals surface area (Å²) in [5.74, 6) is 6.17. The lowest BCUT2D eigenvalue weighted by molar-refractivity contribution is 0.338. The van der Waals surface area contributed by atoms with E-state index >= 15 is 0 Å². The Hall–Kier alpha value is -1.06. The number of hydrazine groups is 1. The minimum Gasteiger partial charge on any atom is -0.494 e. The Morgan fingerprint density at radius 1 is 1.46 bits per heavy atom. The van der Waals surface area contributed by atoms with E-state index in [1.165, 1.54) is 5.56 Å². The van der Waals surface area contributed by atoms with E-state index in [4.69, 9.17) is 10.6 Å². The zero-order valence-electron chi connectivity index (χ0n) is 8.13. The van der Waals surface area contributed by atoms with Gasteiger partial charge in [-0.05, 0) is 31.0 Å². The molecule has 0 heterocycles. The Kier molecular flexibility index (Phi) is 3.73. The maximum absolute atomic E-state index is 5.42. The van der Waals surface area contributed by atoms with E-state index in [9.17, 15) is 0 Å². The fourth-order valence-corrected chi connectivity index (χ4v) is 1.26. The van der Waals surface area contributed by atoms with Gasteiger partial charge in [0.15, 0.2) is 0 Å². The van der Waals surface area contributed by atoms with Gasteiger partial charge in [0, 0.05) is 6.54 Å². The third-order valence-electron chi connectivity index (χ3n) is 1.85. The highest BCUT2D eigenvalue weighted by atomic mass is 16.5. The van der Waals surface area contributed by atoms with Crippen molar-refractivity contribution in [2.24, 2.45) is 5.84 Å². The fraction of sp³-hybridized carbons (Fsp3) is 0.400. The van der Waals surface area contributed by atoms with Gasteiger partial charge in [-0.3, -0.25) is 11.3 Å². The molecule has 0 unspecified atom stereocenters. The van der Waals surface area contributed by atoms with E-state index in [1.54, 1.807) is 0 Å². The average Bonchev–Trinajstić information content (AvgIpc) is 2.10. The van der Waals surface area contributed by atoms with E-state index in [2.05, 4.69) is 11.5 Å². The lowest BCUT2D eigenvalue weighted by Gasteiger charge is -2.08. The second-order valence-corrected chi connectivity index (χ2v) is 2.91. The highest BCUT2D eigenvalue weighted by Crippen LogP contribution is 2.18. The minimum absolute atomic E-state index is 0.688. The van der Waals surface area contributed by atoms with Gasteiger partial charge in [0.05, 0.1) is 6.61 Å². The molecule has 0 atom stereocenters. The number of hydrogen-bond donors (Lipinski definition) is 2. The van der Waals surface area contributed by atoms with Gasteiger partial charge in [-0.25, -0.2) is 0 Å². The summed E-state index contributed by atoms with van der Waals surface area (Å²) in [5.41, 5.74) is 4.94. The molecule has 1 aromatic carbocycles. The molecule has 0 saturated heterocycles. The summed E-state index contributed by atoms with van der Waals surface area (Å²) in [6.45, 7) is 5.41. The molecule has 0 aliphatic heterocycles. The van der Waals surface area contributed by atoms with Crippen molar-refractivity contribution in [2.75, 3.05) is 6.61 Å². The molecule has 3 nitrogen and oxygen atoms in total. The predicted octanol–water partition coefficient (Wildman–Crippen LogP) is 1.36. The molecular weight excluding hydrogens is 164 g/mol. The molecule has 0 aliphatic carbocycles. The zero-order chi connectivity index (χ0) is 9.68. The van der Waals surface area contributed by atoms with Crippen molar-refractivity contribution in [1.29, 1.82) is 0 Å². The van der Waals surface area contributed by atoms with Crippen LogP contribution in [-0.4, -0.2) is 6.61 Å². The molecule has 0 fully saturated rings. The summed E-state index contributed by atoms with van der Waals surface area (Å²) in [5, 5.41) is 0. The minimum atomic E-state index is 0.688. The number of aryl methyl sites for hydroxylation is 1. The second kappa shape index (κ2) is 4.84. The van der Waals surface area contributed by atoms with Crippen LogP contribution in [0, 0.1) is 6.92 Å². The SMILES string of the molecule is CCOc1ccc(CNN)cc1C. The number of rotatable bonds is 4. The van der Waals surface area contributed by atoms with E-state index in [1.807, 2.05) is 26.0 Å². The molecule has 0 amide bonds. The third-order valence-corrected chi connectivity index (χ3v) is 1.85. The monoisotopic (exact) mass is 180 g/mol. The quantitative estimate of drug-likeness (QED) is 0.543. The smallest absolute Gasteiger partial charge is 0.122 e. The Morgan fingerprint density at radius 2 is 2.23 bits per heavy atom. The van der Waals surface area contributed by atoms with Crippen molar-refractivity contribution in [1.82, 2.24) is 5.43 Å². The topological polar surface area (TPSA) is 47.3 Å². The van der Waals surface area contributed by atoms with Gasteiger partial charge in [-0.15, -0.1) is 0 Å². The van der Waals surface area contributed by atoms with Crippen LogP contribution in [0.4, 0.5) is 0 Å². The van der Waals surface area contributed by atoms with Crippen molar-refractivity contribution in [2.45, 2.75) is 20.4 Å². The first-order valence-corrected chi connectivity index (χ1v) is 4.43. The lowest BCUT2D eigenvalue weighted by Crippen LogP contribution is -2.20. The van der Waals surface area contributed by atoms with Crippen molar-refractivity contribution in [3.8, 4) is 5.75 Å². The molecule has 1 rings (SSSR count). The Labute approximate surface area is 78.9 Å². The van der Waals surface area contributed by atoms with Gasteiger partial charge in [0.25, 0.3) is 0 Å². The Balaban J connectivity index is 2.79. The summed E-state index contributed by atoms with van der Waals surface area (Å²) >= 11 is 0. The summed E-state index contributed by atoms with van der Waals surface area (Å²) in [6.07, 6.45) is 0. The van der Waals surface area contributed by atoms with Crippen LogP contribution in [-0.2, 0) is 6.54 Å². The van der Waals surface area contributed by atoms with E-state index in [0.717, 1.165) is 11.3 Å². The van der Waals surface area contributed by atoms with E-state index in [-0.39, 0.29) is 0 Å². The number of ether oxygens (including phenoxy) is 1. The standard InChI is InChI=1S/C10H16N2O/c1-3-13-10-5-4-9(7-12-11)6-8(10)2/h4-6,12H,3,7,11H2,1-2H3. The molecular formula is C10H16N2O.